The summed E-state index contributed by atoms with van der Waals surface area (Å²) in [6, 6.07) is 7.44. The van der Waals surface area contributed by atoms with Crippen LogP contribution in [0.4, 0.5) is 0 Å². The van der Waals surface area contributed by atoms with E-state index >= 15 is 0 Å². The first-order valence-electron chi connectivity index (χ1n) is 4.89. The zero-order valence-electron chi connectivity index (χ0n) is 8.90. The van der Waals surface area contributed by atoms with Crippen LogP contribution in [-0.2, 0) is 6.54 Å². The highest BCUT2D eigenvalue weighted by molar-refractivity contribution is 9.10. The molecule has 1 aromatic heterocycles. The number of allylic oxidation sites excluding steroid dienone is 1. The van der Waals surface area contributed by atoms with Crippen LogP contribution in [0.1, 0.15) is 6.92 Å². The minimum absolute atomic E-state index is 0.0754. The monoisotopic (exact) mass is 278 g/mol. The number of nitrogens with zero attached hydrogens (tertiary/aromatic N) is 2. The lowest BCUT2D eigenvalue weighted by Gasteiger charge is -2.09. The molecule has 2 aromatic rings. The van der Waals surface area contributed by atoms with E-state index < -0.39 is 0 Å². The van der Waals surface area contributed by atoms with Crippen LogP contribution >= 0.6 is 15.9 Å². The van der Waals surface area contributed by atoms with Gasteiger partial charge in [0, 0.05) is 0 Å². The Bertz CT molecular complexity index is 616. The lowest BCUT2D eigenvalue weighted by atomic mass is 10.2. The van der Waals surface area contributed by atoms with E-state index in [1.807, 2.05) is 25.1 Å². The van der Waals surface area contributed by atoms with Crippen molar-refractivity contribution in [3.8, 4) is 0 Å². The number of hydrogen-bond acceptors (Lipinski definition) is 2. The third-order valence-electron chi connectivity index (χ3n) is 2.24. The van der Waals surface area contributed by atoms with Gasteiger partial charge in [0.15, 0.2) is 4.60 Å². The molecular weight excluding hydrogens is 268 g/mol. The first kappa shape index (κ1) is 11.1. The summed E-state index contributed by atoms with van der Waals surface area (Å²) < 4.78 is 2.12. The molecule has 0 fully saturated rings. The largest absolute Gasteiger partial charge is 0.286 e. The van der Waals surface area contributed by atoms with Crippen molar-refractivity contribution in [2.24, 2.45) is 0 Å². The summed E-state index contributed by atoms with van der Waals surface area (Å²) in [7, 11) is 0. The highest BCUT2D eigenvalue weighted by atomic mass is 79.9. The Balaban J connectivity index is 2.79. The third kappa shape index (κ3) is 1.93. The summed E-state index contributed by atoms with van der Waals surface area (Å²) in [5.41, 5.74) is 1.75. The van der Waals surface area contributed by atoms with Crippen molar-refractivity contribution in [2.45, 2.75) is 13.5 Å². The predicted octanol–water partition coefficient (Wildman–Crippen LogP) is 2.74. The maximum atomic E-state index is 11.8. The maximum Gasteiger partial charge on any atom is 0.222 e. The fourth-order valence-electron chi connectivity index (χ4n) is 1.58. The van der Waals surface area contributed by atoms with E-state index in [2.05, 4.69) is 27.6 Å². The van der Waals surface area contributed by atoms with Crippen LogP contribution in [-0.4, -0.2) is 9.78 Å². The van der Waals surface area contributed by atoms with Gasteiger partial charge in [-0.3, -0.25) is 9.48 Å². The Morgan fingerprint density at radius 3 is 2.88 bits per heavy atom. The van der Waals surface area contributed by atoms with Crippen LogP contribution in [0, 0.1) is 0 Å². The molecule has 0 unspecified atom stereocenters. The van der Waals surface area contributed by atoms with Gasteiger partial charge < -0.3 is 0 Å². The highest BCUT2D eigenvalue weighted by Crippen LogP contribution is 2.12. The van der Waals surface area contributed by atoms with E-state index in [4.69, 9.17) is 0 Å². The quantitative estimate of drug-likeness (QED) is 0.792. The van der Waals surface area contributed by atoms with Gasteiger partial charge in [0.05, 0.1) is 17.4 Å². The fraction of sp³-hybridized carbons (Fsp3) is 0.167. The fourth-order valence-corrected chi connectivity index (χ4v) is 1.99. The number of rotatable bonds is 2. The number of benzene rings is 1. The van der Waals surface area contributed by atoms with Crippen molar-refractivity contribution in [3.63, 3.8) is 0 Å². The molecule has 0 N–H and O–H groups in total. The molecule has 0 saturated carbocycles. The topological polar surface area (TPSA) is 34.9 Å². The van der Waals surface area contributed by atoms with E-state index in [1.165, 1.54) is 0 Å². The highest BCUT2D eigenvalue weighted by Gasteiger charge is 2.07. The summed E-state index contributed by atoms with van der Waals surface area (Å²) in [5.74, 6) is 0. The molecule has 0 amide bonds. The Hall–Kier alpha value is -1.42. The molecular formula is C12H11BrN2O. The Morgan fingerprint density at radius 1 is 1.50 bits per heavy atom. The van der Waals surface area contributed by atoms with Crippen LogP contribution in [0.5, 0.6) is 0 Å². The van der Waals surface area contributed by atoms with Crippen LogP contribution < -0.4 is 5.43 Å². The molecule has 1 aromatic carbocycles. The van der Waals surface area contributed by atoms with Gasteiger partial charge in [-0.15, -0.1) is 0 Å². The standard InChI is InChI=1S/C12H11BrN2O/c1-8(2)7-15-10-6-4-3-5-9(10)11(16)12(13)14-15/h3-6H,1,7H2,2H3. The van der Waals surface area contributed by atoms with Crippen molar-refractivity contribution in [1.82, 2.24) is 9.78 Å². The molecule has 0 aliphatic rings. The molecule has 0 aliphatic heterocycles. The second-order valence-corrected chi connectivity index (χ2v) is 4.50. The van der Waals surface area contributed by atoms with Crippen molar-refractivity contribution in [2.75, 3.05) is 0 Å². The lowest BCUT2D eigenvalue weighted by molar-refractivity contribution is 0.678. The molecule has 16 heavy (non-hydrogen) atoms. The smallest absolute Gasteiger partial charge is 0.222 e. The average molecular weight is 279 g/mol. The van der Waals surface area contributed by atoms with Crippen molar-refractivity contribution in [1.29, 1.82) is 0 Å². The summed E-state index contributed by atoms with van der Waals surface area (Å²) >= 11 is 3.18. The molecule has 0 aliphatic carbocycles. The SMILES string of the molecule is C=C(C)Cn1nc(Br)c(=O)c2ccccc21. The summed E-state index contributed by atoms with van der Waals surface area (Å²) in [6.07, 6.45) is 0. The Morgan fingerprint density at radius 2 is 2.19 bits per heavy atom. The second kappa shape index (κ2) is 4.22. The number of halogens is 1. The molecule has 0 saturated heterocycles. The zero-order valence-corrected chi connectivity index (χ0v) is 10.5. The minimum atomic E-state index is -0.0754. The molecule has 4 heteroatoms. The van der Waals surface area contributed by atoms with E-state index in [0.29, 0.717) is 16.5 Å². The van der Waals surface area contributed by atoms with Crippen molar-refractivity contribution < 1.29 is 0 Å². The number of hydrogen-bond donors (Lipinski definition) is 0. The first-order valence-corrected chi connectivity index (χ1v) is 5.68. The Labute approximate surface area is 102 Å². The van der Waals surface area contributed by atoms with Gasteiger partial charge in [-0.2, -0.15) is 5.10 Å². The van der Waals surface area contributed by atoms with Gasteiger partial charge in [-0.25, -0.2) is 0 Å². The molecule has 0 atom stereocenters. The third-order valence-corrected chi connectivity index (χ3v) is 2.76. The van der Waals surface area contributed by atoms with Crippen LogP contribution in [0.15, 0.2) is 45.8 Å². The van der Waals surface area contributed by atoms with Gasteiger partial charge in [0.1, 0.15) is 0 Å². The van der Waals surface area contributed by atoms with Crippen LogP contribution in [0.3, 0.4) is 0 Å². The molecule has 0 bridgehead atoms. The zero-order chi connectivity index (χ0) is 11.7. The Kier molecular flexibility index (Phi) is 2.92. The number of para-hydroxylation sites is 1. The second-order valence-electron chi connectivity index (χ2n) is 3.75. The van der Waals surface area contributed by atoms with Gasteiger partial charge >= 0.3 is 0 Å². The van der Waals surface area contributed by atoms with Crippen LogP contribution in [0.25, 0.3) is 10.9 Å². The summed E-state index contributed by atoms with van der Waals surface area (Å²) in [6.45, 7) is 6.40. The summed E-state index contributed by atoms with van der Waals surface area (Å²) in [5, 5.41) is 4.87. The first-order chi connectivity index (χ1) is 7.59. The molecule has 0 spiro atoms. The maximum absolute atomic E-state index is 11.8. The summed E-state index contributed by atoms with van der Waals surface area (Å²) in [4.78, 5) is 11.8. The number of fused-ring (bicyclic) bond motifs is 1. The van der Waals surface area contributed by atoms with E-state index in [0.717, 1.165) is 11.1 Å². The van der Waals surface area contributed by atoms with Gasteiger partial charge in [-0.1, -0.05) is 24.3 Å². The predicted molar refractivity (Wildman–Crippen MR) is 68.5 cm³/mol. The molecule has 3 nitrogen and oxygen atoms in total. The molecule has 2 rings (SSSR count). The van der Waals surface area contributed by atoms with Gasteiger partial charge in [0.25, 0.3) is 0 Å². The van der Waals surface area contributed by atoms with Crippen molar-refractivity contribution >= 4 is 26.8 Å². The van der Waals surface area contributed by atoms with E-state index in [-0.39, 0.29) is 5.43 Å². The lowest BCUT2D eigenvalue weighted by Crippen LogP contribution is -2.15. The van der Waals surface area contributed by atoms with E-state index in [9.17, 15) is 4.79 Å². The van der Waals surface area contributed by atoms with Crippen molar-refractivity contribution in [3.05, 3.63) is 51.2 Å². The van der Waals surface area contributed by atoms with E-state index in [1.54, 1.807) is 10.7 Å². The number of aromatic nitrogens is 2. The molecule has 82 valence electrons. The van der Waals surface area contributed by atoms with Gasteiger partial charge in [0.2, 0.25) is 5.43 Å². The van der Waals surface area contributed by atoms with Crippen LogP contribution in [0.2, 0.25) is 0 Å². The normalized spacial score (nSPS) is 10.6. The molecule has 1 heterocycles. The average Bonchev–Trinajstić information content (AvgIpc) is 2.25. The minimum Gasteiger partial charge on any atom is -0.286 e. The van der Waals surface area contributed by atoms with Gasteiger partial charge in [-0.05, 0) is 35.0 Å². The molecule has 0 radical (unpaired) electrons.